The van der Waals surface area contributed by atoms with Crippen LogP contribution in [-0.4, -0.2) is 22.5 Å². The van der Waals surface area contributed by atoms with Crippen LogP contribution in [0.4, 0.5) is 0 Å². The fourth-order valence-corrected chi connectivity index (χ4v) is 2.69. The molecular weight excluding hydrogens is 294 g/mol. The number of hydrogen-bond acceptors (Lipinski definition) is 3. The van der Waals surface area contributed by atoms with Crippen LogP contribution in [0.3, 0.4) is 0 Å². The van der Waals surface area contributed by atoms with Gasteiger partial charge in [0.25, 0.3) is 5.91 Å². The first-order chi connectivity index (χ1) is 7.32. The van der Waals surface area contributed by atoms with Crippen molar-refractivity contribution in [3.8, 4) is 0 Å². The number of thiophene rings is 1. The molecule has 0 fully saturated rings. The van der Waals surface area contributed by atoms with E-state index in [1.807, 2.05) is 0 Å². The van der Waals surface area contributed by atoms with E-state index in [0.29, 0.717) is 4.88 Å². The predicted molar refractivity (Wildman–Crippen MR) is 65.8 cm³/mol. The molecule has 1 aromatic rings. The van der Waals surface area contributed by atoms with Gasteiger partial charge in [0.15, 0.2) is 0 Å². The molecule has 0 aliphatic heterocycles. The molecule has 1 rings (SSSR count). The summed E-state index contributed by atoms with van der Waals surface area (Å²) in [6.45, 7) is 3.36. The maximum absolute atomic E-state index is 11.8. The lowest BCUT2D eigenvalue weighted by atomic mass is 10.0. The minimum atomic E-state index is -0.935. The normalized spacial score (nSPS) is 11.2. The number of nitrogens with one attached hydrogen (secondary N) is 1. The van der Waals surface area contributed by atoms with Crippen molar-refractivity contribution in [2.45, 2.75) is 25.8 Å². The van der Waals surface area contributed by atoms with Gasteiger partial charge < -0.3 is 10.4 Å². The molecule has 1 heterocycles. The summed E-state index contributed by atoms with van der Waals surface area (Å²) in [5.41, 5.74) is -0.758. The molecule has 0 radical (unpaired) electrons. The molecule has 2 N–H and O–H groups in total. The van der Waals surface area contributed by atoms with Gasteiger partial charge in [0.05, 0.1) is 6.42 Å². The second kappa shape index (κ2) is 4.97. The van der Waals surface area contributed by atoms with E-state index in [0.717, 1.165) is 4.47 Å². The SMILES string of the molecule is CC(C)(CC(=O)O)NC(=O)c1sccc1Br. The first-order valence-electron chi connectivity index (χ1n) is 4.59. The summed E-state index contributed by atoms with van der Waals surface area (Å²) in [5.74, 6) is -1.19. The van der Waals surface area contributed by atoms with Crippen LogP contribution >= 0.6 is 27.3 Å². The Morgan fingerprint density at radius 1 is 1.56 bits per heavy atom. The smallest absolute Gasteiger partial charge is 0.305 e. The Hall–Kier alpha value is -0.880. The molecule has 1 aromatic heterocycles. The lowest BCUT2D eigenvalue weighted by Crippen LogP contribution is -2.44. The zero-order valence-electron chi connectivity index (χ0n) is 8.91. The van der Waals surface area contributed by atoms with E-state index in [9.17, 15) is 9.59 Å². The standard InChI is InChI=1S/C10H12BrNO3S/c1-10(2,5-7(13)14)12-9(15)8-6(11)3-4-16-8/h3-4H,5H2,1-2H3,(H,12,15)(H,13,14). The van der Waals surface area contributed by atoms with E-state index >= 15 is 0 Å². The maximum atomic E-state index is 11.8. The number of carboxylic acid groups (broad SMARTS) is 1. The third-order valence-corrected chi connectivity index (χ3v) is 3.70. The van der Waals surface area contributed by atoms with Gasteiger partial charge in [0.2, 0.25) is 0 Å². The second-order valence-corrected chi connectivity index (χ2v) is 5.78. The van der Waals surface area contributed by atoms with Crippen LogP contribution in [0.1, 0.15) is 29.9 Å². The van der Waals surface area contributed by atoms with Crippen LogP contribution in [-0.2, 0) is 4.79 Å². The highest BCUT2D eigenvalue weighted by Gasteiger charge is 2.25. The second-order valence-electron chi connectivity index (χ2n) is 4.01. The van der Waals surface area contributed by atoms with Gasteiger partial charge in [-0.15, -0.1) is 11.3 Å². The molecule has 0 aromatic carbocycles. The number of carbonyl (C=O) groups excluding carboxylic acids is 1. The molecule has 88 valence electrons. The average molecular weight is 306 g/mol. The minimum Gasteiger partial charge on any atom is -0.481 e. The van der Waals surface area contributed by atoms with Gasteiger partial charge in [0, 0.05) is 10.0 Å². The highest BCUT2D eigenvalue weighted by Crippen LogP contribution is 2.23. The van der Waals surface area contributed by atoms with Gasteiger partial charge in [-0.3, -0.25) is 9.59 Å². The number of carbonyl (C=O) groups is 2. The van der Waals surface area contributed by atoms with Gasteiger partial charge in [-0.05, 0) is 41.2 Å². The van der Waals surface area contributed by atoms with Crippen LogP contribution in [0.25, 0.3) is 0 Å². The van der Waals surface area contributed by atoms with E-state index in [4.69, 9.17) is 5.11 Å². The molecule has 4 nitrogen and oxygen atoms in total. The Balaban J connectivity index is 2.71. The molecular formula is C10H12BrNO3S. The molecule has 1 amide bonds. The highest BCUT2D eigenvalue weighted by molar-refractivity contribution is 9.10. The van der Waals surface area contributed by atoms with Crippen molar-refractivity contribution in [3.05, 3.63) is 20.8 Å². The van der Waals surface area contributed by atoms with Crippen molar-refractivity contribution >= 4 is 39.1 Å². The van der Waals surface area contributed by atoms with Crippen LogP contribution < -0.4 is 5.32 Å². The van der Waals surface area contributed by atoms with Crippen molar-refractivity contribution in [1.29, 1.82) is 0 Å². The molecule has 0 saturated heterocycles. The first kappa shape index (κ1) is 13.2. The van der Waals surface area contributed by atoms with Gasteiger partial charge in [-0.1, -0.05) is 0 Å². The largest absolute Gasteiger partial charge is 0.481 e. The Morgan fingerprint density at radius 2 is 2.19 bits per heavy atom. The highest BCUT2D eigenvalue weighted by atomic mass is 79.9. The van der Waals surface area contributed by atoms with Crippen LogP contribution in [0.15, 0.2) is 15.9 Å². The van der Waals surface area contributed by atoms with Crippen molar-refractivity contribution in [2.75, 3.05) is 0 Å². The number of rotatable bonds is 4. The Morgan fingerprint density at radius 3 is 2.62 bits per heavy atom. The summed E-state index contributed by atoms with van der Waals surface area (Å²) < 4.78 is 0.723. The van der Waals surface area contributed by atoms with Crippen molar-refractivity contribution in [2.24, 2.45) is 0 Å². The topological polar surface area (TPSA) is 66.4 Å². The number of hydrogen-bond donors (Lipinski definition) is 2. The molecule has 6 heteroatoms. The lowest BCUT2D eigenvalue weighted by Gasteiger charge is -2.23. The number of halogens is 1. The average Bonchev–Trinajstić information content (AvgIpc) is 2.47. The van der Waals surface area contributed by atoms with Crippen LogP contribution in [0.2, 0.25) is 0 Å². The van der Waals surface area contributed by atoms with Gasteiger partial charge >= 0.3 is 5.97 Å². The quantitative estimate of drug-likeness (QED) is 0.898. The van der Waals surface area contributed by atoms with Crippen molar-refractivity contribution < 1.29 is 14.7 Å². The Labute approximate surface area is 106 Å². The van der Waals surface area contributed by atoms with Crippen molar-refractivity contribution in [1.82, 2.24) is 5.32 Å². The van der Waals surface area contributed by atoms with Crippen molar-refractivity contribution in [3.63, 3.8) is 0 Å². The van der Waals surface area contributed by atoms with Crippen LogP contribution in [0.5, 0.6) is 0 Å². The zero-order valence-corrected chi connectivity index (χ0v) is 11.3. The van der Waals surface area contributed by atoms with Gasteiger partial charge in [0.1, 0.15) is 4.88 Å². The van der Waals surface area contributed by atoms with E-state index in [1.165, 1.54) is 11.3 Å². The van der Waals surface area contributed by atoms with E-state index in [2.05, 4.69) is 21.2 Å². The number of carboxylic acids is 1. The summed E-state index contributed by atoms with van der Waals surface area (Å²) in [4.78, 5) is 22.9. The fraction of sp³-hybridized carbons (Fsp3) is 0.400. The summed E-state index contributed by atoms with van der Waals surface area (Å²) >= 11 is 4.57. The number of amides is 1. The third kappa shape index (κ3) is 3.61. The summed E-state index contributed by atoms with van der Waals surface area (Å²) in [7, 11) is 0. The number of aliphatic carboxylic acids is 1. The molecule has 0 aliphatic carbocycles. The molecule has 0 aliphatic rings. The molecule has 0 unspecified atom stereocenters. The van der Waals surface area contributed by atoms with E-state index in [1.54, 1.807) is 25.3 Å². The Kier molecular flexibility index (Phi) is 4.09. The Bertz CT molecular complexity index is 414. The molecule has 0 saturated carbocycles. The first-order valence-corrected chi connectivity index (χ1v) is 6.26. The molecule has 0 spiro atoms. The zero-order chi connectivity index (χ0) is 12.3. The fourth-order valence-electron chi connectivity index (χ4n) is 1.24. The summed E-state index contributed by atoms with van der Waals surface area (Å²) in [5, 5.41) is 13.2. The third-order valence-electron chi connectivity index (χ3n) is 1.87. The minimum absolute atomic E-state index is 0.109. The van der Waals surface area contributed by atoms with Crippen LogP contribution in [0, 0.1) is 0 Å². The molecule has 16 heavy (non-hydrogen) atoms. The summed E-state index contributed by atoms with van der Waals surface area (Å²) in [6.07, 6.45) is -0.109. The summed E-state index contributed by atoms with van der Waals surface area (Å²) in [6, 6.07) is 1.78. The molecule has 0 bridgehead atoms. The van der Waals surface area contributed by atoms with E-state index in [-0.39, 0.29) is 12.3 Å². The predicted octanol–water partition coefficient (Wildman–Crippen LogP) is 2.49. The lowest BCUT2D eigenvalue weighted by molar-refractivity contribution is -0.138. The molecule has 0 atom stereocenters. The monoisotopic (exact) mass is 305 g/mol. The maximum Gasteiger partial charge on any atom is 0.305 e. The van der Waals surface area contributed by atoms with Gasteiger partial charge in [-0.2, -0.15) is 0 Å². The van der Waals surface area contributed by atoms with E-state index < -0.39 is 11.5 Å². The van der Waals surface area contributed by atoms with Gasteiger partial charge in [-0.25, -0.2) is 0 Å².